The minimum Gasteiger partial charge on any atom is -0.139 e. The maximum atomic E-state index is 3.43. The van der Waals surface area contributed by atoms with Gasteiger partial charge in [0.2, 0.25) is 0 Å². The summed E-state index contributed by atoms with van der Waals surface area (Å²) in [7, 11) is 0. The van der Waals surface area contributed by atoms with Gasteiger partial charge < -0.3 is 0 Å². The molecule has 0 radical (unpaired) electrons. The van der Waals surface area contributed by atoms with Gasteiger partial charge in [-0.2, -0.15) is 0 Å². The van der Waals surface area contributed by atoms with Crippen LogP contribution in [0.1, 0.15) is 5.56 Å². The third-order valence-electron chi connectivity index (χ3n) is 1.23. The standard InChI is InChI=1S/C7H7BBr2/c9-8(10)6-7-4-2-1-3-5-7/h1-5H,6H2. The van der Waals surface area contributed by atoms with Gasteiger partial charge in [0, 0.05) is 0 Å². The lowest BCUT2D eigenvalue weighted by Gasteiger charge is -1.96. The van der Waals surface area contributed by atoms with Gasteiger partial charge in [-0.1, -0.05) is 35.9 Å². The molecule has 0 nitrogen and oxygen atoms in total. The van der Waals surface area contributed by atoms with Crippen LogP contribution in [-0.2, 0) is 6.32 Å². The highest BCUT2D eigenvalue weighted by Gasteiger charge is 2.03. The van der Waals surface area contributed by atoms with Gasteiger partial charge in [-0.15, -0.1) is 31.5 Å². The third-order valence-corrected chi connectivity index (χ3v) is 1.88. The molecule has 1 aromatic rings. The average Bonchev–Trinajstić information content (AvgIpc) is 1.88. The fourth-order valence-electron chi connectivity index (χ4n) is 0.792. The predicted molar refractivity (Wildman–Crippen MR) is 53.8 cm³/mol. The zero-order valence-electron chi connectivity index (χ0n) is 5.43. The van der Waals surface area contributed by atoms with Crippen LogP contribution in [0.2, 0.25) is 0 Å². The van der Waals surface area contributed by atoms with Crippen LogP contribution in [0.4, 0.5) is 0 Å². The van der Waals surface area contributed by atoms with E-state index in [0.717, 1.165) is 6.32 Å². The highest BCUT2D eigenvalue weighted by atomic mass is 79.9. The molecule has 0 aliphatic heterocycles. The molecule has 1 aromatic carbocycles. The van der Waals surface area contributed by atoms with Crippen molar-refractivity contribution in [3.63, 3.8) is 0 Å². The van der Waals surface area contributed by atoms with Gasteiger partial charge in [0.1, 0.15) is 0 Å². The van der Waals surface area contributed by atoms with E-state index in [0.29, 0.717) is 4.36 Å². The maximum Gasteiger partial charge on any atom is 0.302 e. The van der Waals surface area contributed by atoms with Crippen LogP contribution in [0.15, 0.2) is 30.3 Å². The quantitative estimate of drug-likeness (QED) is 0.718. The molecule has 0 aliphatic carbocycles. The lowest BCUT2D eigenvalue weighted by Crippen LogP contribution is -1.96. The van der Waals surface area contributed by atoms with Crippen molar-refractivity contribution in [1.82, 2.24) is 0 Å². The van der Waals surface area contributed by atoms with Crippen molar-refractivity contribution < 1.29 is 0 Å². The molecule has 0 heterocycles. The molecule has 0 unspecified atom stereocenters. The van der Waals surface area contributed by atoms with Crippen LogP contribution in [0.3, 0.4) is 0 Å². The number of halogens is 2. The molecule has 0 bridgehead atoms. The normalized spacial score (nSPS) is 9.40. The monoisotopic (exact) mass is 260 g/mol. The van der Waals surface area contributed by atoms with Gasteiger partial charge in [0.25, 0.3) is 0 Å². The van der Waals surface area contributed by atoms with Crippen molar-refractivity contribution in [3.8, 4) is 0 Å². The lowest BCUT2D eigenvalue weighted by atomic mass is 9.96. The van der Waals surface area contributed by atoms with Crippen LogP contribution in [-0.4, -0.2) is 4.36 Å². The molecule has 0 N–H and O–H groups in total. The van der Waals surface area contributed by atoms with Gasteiger partial charge >= 0.3 is 4.36 Å². The second-order valence-electron chi connectivity index (χ2n) is 2.08. The summed E-state index contributed by atoms with van der Waals surface area (Å²) in [4.78, 5) is 0. The third kappa shape index (κ3) is 2.89. The lowest BCUT2D eigenvalue weighted by molar-refractivity contribution is 1.40. The van der Waals surface area contributed by atoms with E-state index < -0.39 is 0 Å². The van der Waals surface area contributed by atoms with Crippen LogP contribution < -0.4 is 0 Å². The Morgan fingerprint density at radius 2 is 1.70 bits per heavy atom. The minimum absolute atomic E-state index is 0.391. The Kier molecular flexibility index (Phi) is 3.50. The first-order valence-corrected chi connectivity index (χ1v) is 4.94. The van der Waals surface area contributed by atoms with Gasteiger partial charge in [0.15, 0.2) is 0 Å². The molecule has 3 heteroatoms. The fraction of sp³-hybridized carbons (Fsp3) is 0.143. The Balaban J connectivity index is 2.59. The molecule has 52 valence electrons. The van der Waals surface area contributed by atoms with E-state index in [-0.39, 0.29) is 0 Å². The summed E-state index contributed by atoms with van der Waals surface area (Å²) in [5, 5.41) is 0. The maximum absolute atomic E-state index is 3.43. The van der Waals surface area contributed by atoms with Crippen molar-refractivity contribution in [2.75, 3.05) is 0 Å². The highest BCUT2D eigenvalue weighted by Crippen LogP contribution is 2.10. The van der Waals surface area contributed by atoms with Crippen molar-refractivity contribution in [2.24, 2.45) is 0 Å². The van der Waals surface area contributed by atoms with E-state index in [1.54, 1.807) is 0 Å². The minimum atomic E-state index is 0.391. The number of rotatable bonds is 2. The number of hydrogen-bond acceptors (Lipinski definition) is 0. The average molecular weight is 262 g/mol. The Labute approximate surface area is 78.0 Å². The predicted octanol–water partition coefficient (Wildman–Crippen LogP) is 3.05. The number of hydrogen-bond donors (Lipinski definition) is 0. The first-order chi connectivity index (χ1) is 4.79. The summed E-state index contributed by atoms with van der Waals surface area (Å²) in [6, 6.07) is 10.4. The second kappa shape index (κ2) is 4.19. The van der Waals surface area contributed by atoms with E-state index in [9.17, 15) is 0 Å². The summed E-state index contributed by atoms with van der Waals surface area (Å²) in [6.07, 6.45) is 1.03. The fourth-order valence-corrected chi connectivity index (χ4v) is 1.54. The highest BCUT2D eigenvalue weighted by molar-refractivity contribution is 9.49. The van der Waals surface area contributed by atoms with Gasteiger partial charge in [-0.3, -0.25) is 0 Å². The summed E-state index contributed by atoms with van der Waals surface area (Å²) in [5.74, 6) is 0. The first kappa shape index (κ1) is 8.34. The van der Waals surface area contributed by atoms with E-state index >= 15 is 0 Å². The molecule has 0 aromatic heterocycles. The van der Waals surface area contributed by atoms with Crippen molar-refractivity contribution in [3.05, 3.63) is 35.9 Å². The van der Waals surface area contributed by atoms with E-state index in [1.165, 1.54) is 5.56 Å². The summed E-state index contributed by atoms with van der Waals surface area (Å²) >= 11 is 6.86. The van der Waals surface area contributed by atoms with E-state index in [4.69, 9.17) is 0 Å². The van der Waals surface area contributed by atoms with E-state index in [1.807, 2.05) is 6.07 Å². The van der Waals surface area contributed by atoms with Crippen LogP contribution in [0, 0.1) is 0 Å². The second-order valence-corrected chi connectivity index (χ2v) is 5.52. The van der Waals surface area contributed by atoms with Gasteiger partial charge in [-0.05, 0) is 6.32 Å². The van der Waals surface area contributed by atoms with Crippen LogP contribution in [0.25, 0.3) is 0 Å². The smallest absolute Gasteiger partial charge is 0.139 e. The Morgan fingerprint density at radius 1 is 1.10 bits per heavy atom. The number of benzene rings is 1. The molecule has 0 amide bonds. The molecule has 0 spiro atoms. The van der Waals surface area contributed by atoms with Gasteiger partial charge in [0.05, 0.1) is 0 Å². The molecule has 10 heavy (non-hydrogen) atoms. The molecule has 0 aliphatic rings. The topological polar surface area (TPSA) is 0 Å². The summed E-state index contributed by atoms with van der Waals surface area (Å²) in [5.41, 5.74) is 1.35. The SMILES string of the molecule is BrB(Br)Cc1ccccc1. The van der Waals surface area contributed by atoms with Crippen molar-refractivity contribution in [1.29, 1.82) is 0 Å². The van der Waals surface area contributed by atoms with Crippen LogP contribution >= 0.6 is 31.5 Å². The molecular formula is C7H7BBr2. The Hall–Kier alpha value is 0.245. The van der Waals surface area contributed by atoms with Crippen molar-refractivity contribution in [2.45, 2.75) is 6.32 Å². The van der Waals surface area contributed by atoms with E-state index in [2.05, 4.69) is 55.8 Å². The molecule has 1 rings (SSSR count). The largest absolute Gasteiger partial charge is 0.302 e. The van der Waals surface area contributed by atoms with Crippen LogP contribution in [0.5, 0.6) is 0 Å². The summed E-state index contributed by atoms with van der Waals surface area (Å²) < 4.78 is 0.391. The van der Waals surface area contributed by atoms with Gasteiger partial charge in [-0.25, -0.2) is 0 Å². The zero-order valence-corrected chi connectivity index (χ0v) is 8.60. The Morgan fingerprint density at radius 3 is 2.20 bits per heavy atom. The zero-order chi connectivity index (χ0) is 7.40. The molecule has 0 saturated heterocycles. The molecule has 0 saturated carbocycles. The Bertz CT molecular complexity index is 186. The van der Waals surface area contributed by atoms with Crippen molar-refractivity contribution >= 4 is 35.9 Å². The summed E-state index contributed by atoms with van der Waals surface area (Å²) in [6.45, 7) is 0. The molecule has 0 atom stereocenters. The molecular weight excluding hydrogens is 255 g/mol. The molecule has 0 fully saturated rings. The first-order valence-electron chi connectivity index (χ1n) is 3.11.